The van der Waals surface area contributed by atoms with Crippen molar-refractivity contribution in [2.75, 3.05) is 12.3 Å². The minimum atomic E-state index is -0.329. The topological polar surface area (TPSA) is 38.1 Å². The molecule has 1 fully saturated rings. The van der Waals surface area contributed by atoms with Crippen LogP contribution in [-0.2, 0) is 11.8 Å². The van der Waals surface area contributed by atoms with Crippen LogP contribution in [0.3, 0.4) is 0 Å². The number of thioether (sulfide) groups is 1. The Balaban J connectivity index is 1.53. The largest absolute Gasteiger partial charge is 0.328 e. The second-order valence-corrected chi connectivity index (χ2v) is 8.71. The lowest BCUT2D eigenvalue weighted by Crippen LogP contribution is -2.32. The number of rotatable bonds is 4. The summed E-state index contributed by atoms with van der Waals surface area (Å²) < 4.78 is 2.08. The van der Waals surface area contributed by atoms with Crippen molar-refractivity contribution in [1.82, 2.24) is 14.5 Å². The summed E-state index contributed by atoms with van der Waals surface area (Å²) in [7, 11) is 2.02. The minimum absolute atomic E-state index is 0.104. The SMILES string of the molecule is Cn1c(/C=C2/SCCN2C(=O)C(c2ccccc2)c2ccccc2)nc2ccccc21. The molecule has 0 unspecified atom stereocenters. The second-order valence-electron chi connectivity index (χ2n) is 7.59. The Labute approximate surface area is 186 Å². The fraction of sp³-hybridized carbons (Fsp3) is 0.154. The van der Waals surface area contributed by atoms with Gasteiger partial charge in [0.2, 0.25) is 5.91 Å². The molecule has 0 spiro atoms. The summed E-state index contributed by atoms with van der Waals surface area (Å²) in [5.74, 6) is 1.52. The van der Waals surface area contributed by atoms with E-state index in [0.29, 0.717) is 6.54 Å². The maximum Gasteiger partial charge on any atom is 0.239 e. The van der Waals surface area contributed by atoms with Crippen LogP contribution in [0.5, 0.6) is 0 Å². The first-order chi connectivity index (χ1) is 15.2. The normalized spacial score (nSPS) is 15.3. The van der Waals surface area contributed by atoms with Crippen LogP contribution in [0.1, 0.15) is 22.9 Å². The lowest BCUT2D eigenvalue weighted by atomic mass is 9.90. The van der Waals surface area contributed by atoms with Crippen molar-refractivity contribution in [3.8, 4) is 0 Å². The van der Waals surface area contributed by atoms with Crippen molar-refractivity contribution >= 4 is 34.8 Å². The third-order valence-corrected chi connectivity index (χ3v) is 6.70. The predicted molar refractivity (Wildman–Crippen MR) is 128 cm³/mol. The molecule has 0 aliphatic carbocycles. The number of aromatic nitrogens is 2. The molecule has 5 rings (SSSR count). The quantitative estimate of drug-likeness (QED) is 0.447. The molecule has 1 aromatic heterocycles. The van der Waals surface area contributed by atoms with Crippen LogP contribution in [0, 0.1) is 0 Å². The lowest BCUT2D eigenvalue weighted by Gasteiger charge is -2.24. The third-order valence-electron chi connectivity index (χ3n) is 5.68. The van der Waals surface area contributed by atoms with E-state index < -0.39 is 0 Å². The van der Waals surface area contributed by atoms with Gasteiger partial charge in [-0.2, -0.15) is 0 Å². The summed E-state index contributed by atoms with van der Waals surface area (Å²) >= 11 is 1.71. The molecular weight excluding hydrogens is 402 g/mol. The standard InChI is InChI=1S/C26H23N3OS/c1-28-22-15-9-8-14-21(22)27-23(28)18-24-29(16-17-31-24)26(30)25(19-10-4-2-5-11-19)20-12-6-3-7-13-20/h2-15,18,25H,16-17H2,1H3/b24-18+. The van der Waals surface area contributed by atoms with Gasteiger partial charge in [-0.05, 0) is 23.3 Å². The van der Waals surface area contributed by atoms with Gasteiger partial charge in [0.15, 0.2) is 0 Å². The van der Waals surface area contributed by atoms with Crippen LogP contribution in [0.15, 0.2) is 90.0 Å². The fourth-order valence-corrected chi connectivity index (χ4v) is 5.10. The number of aryl methyl sites for hydroxylation is 1. The van der Waals surface area contributed by atoms with Gasteiger partial charge in [0.25, 0.3) is 0 Å². The maximum absolute atomic E-state index is 13.8. The molecule has 0 N–H and O–H groups in total. The van der Waals surface area contributed by atoms with E-state index in [2.05, 4.69) is 10.6 Å². The Morgan fingerprint density at radius 2 is 1.55 bits per heavy atom. The number of carbonyl (C=O) groups is 1. The molecular formula is C26H23N3OS. The average molecular weight is 426 g/mol. The first-order valence-electron chi connectivity index (χ1n) is 10.4. The van der Waals surface area contributed by atoms with Crippen LogP contribution >= 0.6 is 11.8 Å². The van der Waals surface area contributed by atoms with Gasteiger partial charge in [-0.1, -0.05) is 72.8 Å². The monoisotopic (exact) mass is 425 g/mol. The molecule has 0 bridgehead atoms. The van der Waals surface area contributed by atoms with Gasteiger partial charge >= 0.3 is 0 Å². The molecule has 1 saturated heterocycles. The van der Waals surface area contributed by atoms with E-state index in [1.165, 1.54) is 0 Å². The molecule has 154 valence electrons. The zero-order chi connectivity index (χ0) is 21.2. The van der Waals surface area contributed by atoms with E-state index >= 15 is 0 Å². The van der Waals surface area contributed by atoms with E-state index in [4.69, 9.17) is 4.98 Å². The highest BCUT2D eigenvalue weighted by Gasteiger charge is 2.32. The van der Waals surface area contributed by atoms with E-state index in [1.807, 2.05) is 96.9 Å². The molecule has 1 aliphatic heterocycles. The minimum Gasteiger partial charge on any atom is -0.328 e. The van der Waals surface area contributed by atoms with Crippen LogP contribution in [0.25, 0.3) is 17.1 Å². The number of amides is 1. The van der Waals surface area contributed by atoms with Crippen molar-refractivity contribution in [2.45, 2.75) is 5.92 Å². The number of imidazole rings is 1. The average Bonchev–Trinajstić information content (AvgIpc) is 3.40. The van der Waals surface area contributed by atoms with E-state index in [0.717, 1.165) is 38.8 Å². The van der Waals surface area contributed by atoms with E-state index in [1.54, 1.807) is 11.8 Å². The molecule has 5 heteroatoms. The molecule has 0 radical (unpaired) electrons. The molecule has 4 aromatic rings. The number of carbonyl (C=O) groups excluding carboxylic acids is 1. The van der Waals surface area contributed by atoms with Gasteiger partial charge in [0.05, 0.1) is 22.0 Å². The van der Waals surface area contributed by atoms with Crippen molar-refractivity contribution in [3.63, 3.8) is 0 Å². The van der Waals surface area contributed by atoms with Crippen molar-refractivity contribution in [3.05, 3.63) is 107 Å². The summed E-state index contributed by atoms with van der Waals surface area (Å²) in [6, 6.07) is 28.2. The van der Waals surface area contributed by atoms with E-state index in [-0.39, 0.29) is 11.8 Å². The van der Waals surface area contributed by atoms with Crippen molar-refractivity contribution in [1.29, 1.82) is 0 Å². The van der Waals surface area contributed by atoms with Crippen LogP contribution in [0.4, 0.5) is 0 Å². The van der Waals surface area contributed by atoms with Gasteiger partial charge in [0, 0.05) is 25.4 Å². The van der Waals surface area contributed by atoms with Crippen molar-refractivity contribution in [2.24, 2.45) is 7.05 Å². The van der Waals surface area contributed by atoms with Gasteiger partial charge in [-0.25, -0.2) is 4.98 Å². The van der Waals surface area contributed by atoms with Gasteiger partial charge in [-0.3, -0.25) is 4.79 Å². The van der Waals surface area contributed by atoms with Gasteiger partial charge < -0.3 is 9.47 Å². The Morgan fingerprint density at radius 3 is 2.19 bits per heavy atom. The summed E-state index contributed by atoms with van der Waals surface area (Å²) in [6.07, 6.45) is 2.04. The maximum atomic E-state index is 13.8. The Morgan fingerprint density at radius 1 is 0.935 bits per heavy atom. The highest BCUT2D eigenvalue weighted by molar-refractivity contribution is 8.03. The smallest absolute Gasteiger partial charge is 0.239 e. The first kappa shape index (κ1) is 19.6. The Hall–Kier alpha value is -3.31. The summed E-state index contributed by atoms with van der Waals surface area (Å²) in [4.78, 5) is 20.5. The summed E-state index contributed by atoms with van der Waals surface area (Å²) in [6.45, 7) is 0.704. The predicted octanol–water partition coefficient (Wildman–Crippen LogP) is 5.28. The number of hydrogen-bond donors (Lipinski definition) is 0. The molecule has 0 saturated carbocycles. The molecule has 1 amide bonds. The fourth-order valence-electron chi connectivity index (χ4n) is 4.10. The van der Waals surface area contributed by atoms with Crippen molar-refractivity contribution < 1.29 is 4.79 Å². The highest BCUT2D eigenvalue weighted by Crippen LogP contribution is 2.35. The van der Waals surface area contributed by atoms with Gasteiger partial charge in [-0.15, -0.1) is 11.8 Å². The Bertz CT molecular complexity index is 1210. The van der Waals surface area contributed by atoms with Crippen LogP contribution < -0.4 is 0 Å². The first-order valence-corrected chi connectivity index (χ1v) is 11.4. The summed E-state index contributed by atoms with van der Waals surface area (Å²) in [5.41, 5.74) is 4.07. The number of fused-ring (bicyclic) bond motifs is 1. The lowest BCUT2D eigenvalue weighted by molar-refractivity contribution is -0.129. The molecule has 2 heterocycles. The zero-order valence-corrected chi connectivity index (χ0v) is 18.1. The second kappa shape index (κ2) is 8.44. The van der Waals surface area contributed by atoms with Crippen LogP contribution in [-0.4, -0.2) is 32.7 Å². The number of hydrogen-bond acceptors (Lipinski definition) is 3. The highest BCUT2D eigenvalue weighted by atomic mass is 32.2. The molecule has 4 nitrogen and oxygen atoms in total. The molecule has 1 aliphatic rings. The molecule has 0 atom stereocenters. The van der Waals surface area contributed by atoms with Gasteiger partial charge in [0.1, 0.15) is 5.82 Å². The van der Waals surface area contributed by atoms with E-state index in [9.17, 15) is 4.79 Å². The Kier molecular flexibility index (Phi) is 5.35. The molecule has 31 heavy (non-hydrogen) atoms. The zero-order valence-electron chi connectivity index (χ0n) is 17.3. The number of benzene rings is 3. The number of para-hydroxylation sites is 2. The third kappa shape index (κ3) is 3.77. The van der Waals surface area contributed by atoms with Crippen LogP contribution in [0.2, 0.25) is 0 Å². The number of nitrogens with zero attached hydrogens (tertiary/aromatic N) is 3. The summed E-state index contributed by atoms with van der Waals surface area (Å²) in [5, 5.41) is 0.959. The molecule has 3 aromatic carbocycles.